The molecule has 0 radical (unpaired) electrons. The Hall–Kier alpha value is -7.14. The summed E-state index contributed by atoms with van der Waals surface area (Å²) in [5, 5.41) is 10.9. The van der Waals surface area contributed by atoms with Gasteiger partial charge < -0.3 is 0 Å². The minimum Gasteiger partial charge on any atom is -0.277 e. The van der Waals surface area contributed by atoms with Crippen molar-refractivity contribution in [3.8, 4) is 39.5 Å². The Labute approximate surface area is 326 Å². The molecule has 0 saturated heterocycles. The fraction of sp³-hybridized carbons (Fsp3) is 0. The van der Waals surface area contributed by atoms with E-state index >= 15 is 0 Å². The number of hydrogen-bond acceptors (Lipinski definition) is 3. The van der Waals surface area contributed by atoms with Gasteiger partial charge in [-0.05, 0) is 51.0 Å². The summed E-state index contributed by atoms with van der Waals surface area (Å²) < 4.78 is 4.98. The quantitative estimate of drug-likeness (QED) is 0.169. The molecule has 0 spiro atoms. The van der Waals surface area contributed by atoms with Crippen LogP contribution in [-0.2, 0) is 0 Å². The zero-order valence-electron chi connectivity index (χ0n) is 30.1. The van der Waals surface area contributed by atoms with Crippen LogP contribution in [0.5, 0.6) is 0 Å². The van der Waals surface area contributed by atoms with E-state index < -0.39 is 0 Å². The summed E-state index contributed by atoms with van der Waals surface area (Å²) in [6, 6.07) is 67.7. The lowest BCUT2D eigenvalue weighted by molar-refractivity contribution is 1.02. The van der Waals surface area contributed by atoms with E-state index in [1.54, 1.807) is 0 Å². The lowest BCUT2D eigenvalue weighted by atomic mass is 9.95. The molecule has 0 saturated carbocycles. The van der Waals surface area contributed by atoms with E-state index in [4.69, 9.17) is 9.97 Å². The maximum atomic E-state index is 5.51. The average Bonchev–Trinajstić information content (AvgIpc) is 3.83. The molecule has 3 aromatic heterocycles. The SMILES string of the molecule is c1ccc(-c2nc(-n3c4c(-c5cccc(-c6cccc7c6sc6ccccc67)c5)cccc4c4c5ccccc5c5ccccc5c43)nc3ccccc23)cc1. The summed E-state index contributed by atoms with van der Waals surface area (Å²) in [6.45, 7) is 0. The van der Waals surface area contributed by atoms with Crippen molar-refractivity contribution in [1.82, 2.24) is 14.5 Å². The summed E-state index contributed by atoms with van der Waals surface area (Å²) in [5.41, 5.74) is 9.83. The molecule has 0 aliphatic rings. The molecule has 9 aromatic carbocycles. The van der Waals surface area contributed by atoms with Crippen molar-refractivity contribution < 1.29 is 0 Å². The van der Waals surface area contributed by atoms with E-state index in [2.05, 4.69) is 193 Å². The topological polar surface area (TPSA) is 30.7 Å². The second-order valence-electron chi connectivity index (χ2n) is 14.5. The normalized spacial score (nSPS) is 11.9. The van der Waals surface area contributed by atoms with Gasteiger partial charge >= 0.3 is 0 Å². The van der Waals surface area contributed by atoms with Gasteiger partial charge in [0.1, 0.15) is 0 Å². The molecule has 12 rings (SSSR count). The highest BCUT2D eigenvalue weighted by molar-refractivity contribution is 7.26. The molecular formula is C52H31N3S. The Kier molecular flexibility index (Phi) is 6.80. The number of benzene rings is 9. The van der Waals surface area contributed by atoms with Gasteiger partial charge in [0.2, 0.25) is 5.95 Å². The standard InChI is InChI=1S/C52H31N3S/c1-2-15-32(16-3-1)48-43-24-8-10-29-45(43)53-52(54-48)55-49-35(25-13-28-44(49)47-40-22-6-4-19-37(40)38-20-5-7-23-41(38)50(47)55)33-17-12-18-34(31-33)36-26-14-27-42-39-21-9-11-30-46(39)56-51(36)42/h1-31H. The smallest absolute Gasteiger partial charge is 0.235 e. The molecule has 0 bridgehead atoms. The zero-order valence-corrected chi connectivity index (χ0v) is 31.0. The fourth-order valence-electron chi connectivity index (χ4n) is 8.97. The van der Waals surface area contributed by atoms with Crippen LogP contribution >= 0.6 is 11.3 Å². The van der Waals surface area contributed by atoms with Crippen molar-refractivity contribution >= 4 is 85.8 Å². The van der Waals surface area contributed by atoms with Crippen LogP contribution in [0.4, 0.5) is 0 Å². The van der Waals surface area contributed by atoms with Gasteiger partial charge in [0, 0.05) is 52.8 Å². The third-order valence-corrected chi connectivity index (χ3v) is 12.6. The van der Waals surface area contributed by atoms with Gasteiger partial charge in [-0.3, -0.25) is 4.57 Å². The third-order valence-electron chi connectivity index (χ3n) is 11.4. The van der Waals surface area contributed by atoms with Crippen LogP contribution in [0.25, 0.3) is 114 Å². The van der Waals surface area contributed by atoms with Crippen LogP contribution < -0.4 is 0 Å². The molecule has 3 nitrogen and oxygen atoms in total. The Morgan fingerprint density at radius 1 is 0.375 bits per heavy atom. The number of rotatable bonds is 4. The molecule has 0 unspecified atom stereocenters. The Morgan fingerprint density at radius 3 is 1.77 bits per heavy atom. The predicted molar refractivity (Wildman–Crippen MR) is 238 cm³/mol. The highest BCUT2D eigenvalue weighted by atomic mass is 32.1. The van der Waals surface area contributed by atoms with E-state index in [1.165, 1.54) is 63.6 Å². The van der Waals surface area contributed by atoms with Gasteiger partial charge in [0.25, 0.3) is 0 Å². The first kappa shape index (κ1) is 31.2. The summed E-state index contributed by atoms with van der Waals surface area (Å²) in [6.07, 6.45) is 0. The first-order valence-corrected chi connectivity index (χ1v) is 19.8. The molecule has 4 heteroatoms. The second-order valence-corrected chi connectivity index (χ2v) is 15.5. The summed E-state index contributed by atoms with van der Waals surface area (Å²) in [7, 11) is 0. The van der Waals surface area contributed by atoms with Crippen molar-refractivity contribution in [2.75, 3.05) is 0 Å². The maximum absolute atomic E-state index is 5.51. The largest absolute Gasteiger partial charge is 0.277 e. The van der Waals surface area contributed by atoms with Gasteiger partial charge in [-0.2, -0.15) is 0 Å². The van der Waals surface area contributed by atoms with Crippen molar-refractivity contribution in [2.24, 2.45) is 0 Å². The van der Waals surface area contributed by atoms with Gasteiger partial charge in [0.05, 0.1) is 22.2 Å². The minimum absolute atomic E-state index is 0.654. The minimum atomic E-state index is 0.654. The second kappa shape index (κ2) is 12.2. The predicted octanol–water partition coefficient (Wildman–Crippen LogP) is 14.4. The van der Waals surface area contributed by atoms with Gasteiger partial charge in [-0.15, -0.1) is 11.3 Å². The first-order valence-electron chi connectivity index (χ1n) is 19.0. The van der Waals surface area contributed by atoms with Crippen molar-refractivity contribution in [3.05, 3.63) is 188 Å². The van der Waals surface area contributed by atoms with E-state index in [0.717, 1.165) is 44.3 Å². The first-order chi connectivity index (χ1) is 27.8. The van der Waals surface area contributed by atoms with Crippen LogP contribution in [0.2, 0.25) is 0 Å². The Bertz CT molecular complexity index is 3540. The molecule has 0 aliphatic heterocycles. The van der Waals surface area contributed by atoms with Crippen molar-refractivity contribution in [2.45, 2.75) is 0 Å². The van der Waals surface area contributed by atoms with E-state index in [-0.39, 0.29) is 0 Å². The van der Waals surface area contributed by atoms with E-state index in [9.17, 15) is 0 Å². The summed E-state index contributed by atoms with van der Waals surface area (Å²) >= 11 is 1.87. The molecule has 260 valence electrons. The molecule has 56 heavy (non-hydrogen) atoms. The van der Waals surface area contributed by atoms with Crippen LogP contribution in [0, 0.1) is 0 Å². The molecule has 0 atom stereocenters. The number of para-hydroxylation sites is 2. The van der Waals surface area contributed by atoms with Gasteiger partial charge in [-0.1, -0.05) is 170 Å². The van der Waals surface area contributed by atoms with Crippen LogP contribution in [0.3, 0.4) is 0 Å². The highest BCUT2D eigenvalue weighted by Crippen LogP contribution is 2.46. The van der Waals surface area contributed by atoms with Crippen LogP contribution in [-0.4, -0.2) is 14.5 Å². The number of thiophene rings is 1. The monoisotopic (exact) mass is 729 g/mol. The average molecular weight is 730 g/mol. The zero-order chi connectivity index (χ0) is 36.7. The van der Waals surface area contributed by atoms with Crippen molar-refractivity contribution in [1.29, 1.82) is 0 Å². The fourth-order valence-corrected chi connectivity index (χ4v) is 10.2. The Morgan fingerprint density at radius 2 is 0.946 bits per heavy atom. The maximum Gasteiger partial charge on any atom is 0.235 e. The van der Waals surface area contributed by atoms with Crippen LogP contribution in [0.15, 0.2) is 188 Å². The lowest BCUT2D eigenvalue weighted by Gasteiger charge is -2.15. The van der Waals surface area contributed by atoms with E-state index in [0.29, 0.717) is 5.95 Å². The molecule has 0 N–H and O–H groups in total. The number of fused-ring (bicyclic) bond motifs is 12. The number of hydrogen-bond donors (Lipinski definition) is 0. The third kappa shape index (κ3) is 4.57. The highest BCUT2D eigenvalue weighted by Gasteiger charge is 2.24. The van der Waals surface area contributed by atoms with Crippen LogP contribution in [0.1, 0.15) is 0 Å². The number of aromatic nitrogens is 3. The Balaban J connectivity index is 1.22. The molecule has 0 aliphatic carbocycles. The molecule has 0 amide bonds. The summed E-state index contributed by atoms with van der Waals surface area (Å²) in [4.78, 5) is 10.9. The molecular weight excluding hydrogens is 699 g/mol. The van der Waals surface area contributed by atoms with E-state index in [1.807, 2.05) is 11.3 Å². The lowest BCUT2D eigenvalue weighted by Crippen LogP contribution is -2.04. The molecule has 3 heterocycles. The van der Waals surface area contributed by atoms with Crippen molar-refractivity contribution in [3.63, 3.8) is 0 Å². The molecule has 12 aromatic rings. The number of nitrogens with zero attached hydrogens (tertiary/aromatic N) is 3. The molecule has 0 fully saturated rings. The summed E-state index contributed by atoms with van der Waals surface area (Å²) in [5.74, 6) is 0.654. The van der Waals surface area contributed by atoms with Gasteiger partial charge in [-0.25, -0.2) is 9.97 Å². The van der Waals surface area contributed by atoms with Gasteiger partial charge in [0.15, 0.2) is 0 Å².